The van der Waals surface area contributed by atoms with Crippen LogP contribution in [0.25, 0.3) is 0 Å². The van der Waals surface area contributed by atoms with Gasteiger partial charge in [-0.2, -0.15) is 0 Å². The maximum Gasteiger partial charge on any atom is 0.256 e. The zero-order chi connectivity index (χ0) is 25.3. The highest BCUT2D eigenvalue weighted by Crippen LogP contribution is 2.34. The van der Waals surface area contributed by atoms with Crippen molar-refractivity contribution in [1.29, 1.82) is 0 Å². The molecule has 1 N–H and O–H groups in total. The number of nitrogens with zero attached hydrogens (tertiary/aromatic N) is 1. The second-order valence-corrected chi connectivity index (χ2v) is 14.9. The number of fused-ring (bicyclic) bond motifs is 1. The van der Waals surface area contributed by atoms with Gasteiger partial charge >= 0.3 is 0 Å². The van der Waals surface area contributed by atoms with E-state index in [0.717, 1.165) is 16.3 Å². The van der Waals surface area contributed by atoms with Gasteiger partial charge in [-0.1, -0.05) is 37.8 Å². The van der Waals surface area contributed by atoms with E-state index in [1.54, 1.807) is 25.3 Å². The minimum absolute atomic E-state index is 0.00552. The highest BCUT2D eigenvalue weighted by molar-refractivity contribution is 6.88. The van der Waals surface area contributed by atoms with Crippen molar-refractivity contribution in [2.75, 3.05) is 13.7 Å². The van der Waals surface area contributed by atoms with E-state index in [0.29, 0.717) is 29.8 Å². The maximum absolute atomic E-state index is 14.8. The number of methoxy groups -OCH3 is 1. The maximum atomic E-state index is 14.8. The number of hydrogen-bond donors (Lipinski definition) is 1. The summed E-state index contributed by atoms with van der Waals surface area (Å²) in [7, 11) is -0.266. The number of H-pyrrole nitrogens is 1. The first-order valence-corrected chi connectivity index (χ1v) is 15.1. The SMILES string of the molecule is COc1ccc2c(c1)CCN(C(=O)c1ccc(=O)[nH]c1)C2C(=O)Cc1ccc([Si](C)(C)C)c(F)c1. The summed E-state index contributed by atoms with van der Waals surface area (Å²) in [5.74, 6) is -0.154. The molecule has 2 heterocycles. The zero-order valence-corrected chi connectivity index (χ0v) is 21.4. The lowest BCUT2D eigenvalue weighted by molar-refractivity contribution is -0.123. The fourth-order valence-electron chi connectivity index (χ4n) is 4.58. The minimum Gasteiger partial charge on any atom is -0.497 e. The fraction of sp³-hybridized carbons (Fsp3) is 0.296. The molecule has 0 radical (unpaired) electrons. The lowest BCUT2D eigenvalue weighted by Gasteiger charge is -2.36. The van der Waals surface area contributed by atoms with Crippen LogP contribution in [0, 0.1) is 5.82 Å². The van der Waals surface area contributed by atoms with Crippen LogP contribution in [0.5, 0.6) is 5.75 Å². The molecule has 1 unspecified atom stereocenters. The average Bonchev–Trinajstić information content (AvgIpc) is 2.82. The van der Waals surface area contributed by atoms with E-state index >= 15 is 0 Å². The second kappa shape index (κ2) is 9.62. The number of aromatic nitrogens is 1. The number of aromatic amines is 1. The molecule has 3 aromatic rings. The Morgan fingerprint density at radius 1 is 1.11 bits per heavy atom. The molecule has 0 fully saturated rings. The molecule has 0 bridgehead atoms. The third-order valence-corrected chi connectivity index (χ3v) is 8.42. The van der Waals surface area contributed by atoms with Gasteiger partial charge in [-0.05, 0) is 52.6 Å². The summed E-state index contributed by atoms with van der Waals surface area (Å²) >= 11 is 0. The number of rotatable bonds is 6. The molecule has 1 aliphatic heterocycles. The number of carbonyl (C=O) groups excluding carboxylic acids is 2. The topological polar surface area (TPSA) is 79.5 Å². The van der Waals surface area contributed by atoms with Crippen LogP contribution >= 0.6 is 0 Å². The molecule has 1 aromatic heterocycles. The van der Waals surface area contributed by atoms with Gasteiger partial charge in [0.1, 0.15) is 17.6 Å². The van der Waals surface area contributed by atoms with Crippen LogP contribution in [0.2, 0.25) is 19.6 Å². The highest BCUT2D eigenvalue weighted by Gasteiger charge is 2.36. The van der Waals surface area contributed by atoms with E-state index in [9.17, 15) is 18.8 Å². The fourth-order valence-corrected chi connectivity index (χ4v) is 5.95. The van der Waals surface area contributed by atoms with Gasteiger partial charge in [0.05, 0.1) is 20.7 Å². The molecule has 8 heteroatoms. The number of benzene rings is 2. The summed E-state index contributed by atoms with van der Waals surface area (Å²) in [5, 5.41) is 0.721. The Morgan fingerprint density at radius 2 is 1.89 bits per heavy atom. The standard InChI is InChI=1S/C27H29FN2O4Si/c1-34-20-7-8-21-18(15-20)11-12-30(27(33)19-6-10-25(32)29-16-19)26(21)23(31)14-17-5-9-24(22(28)13-17)35(2,3)4/h5-10,13,15-16,26H,11-12,14H2,1-4H3,(H,29,32). The summed E-state index contributed by atoms with van der Waals surface area (Å²) in [4.78, 5) is 42.6. The summed E-state index contributed by atoms with van der Waals surface area (Å²) < 4.78 is 20.2. The zero-order valence-electron chi connectivity index (χ0n) is 20.4. The number of amides is 1. The van der Waals surface area contributed by atoms with E-state index in [2.05, 4.69) is 24.6 Å². The van der Waals surface area contributed by atoms with Crippen LogP contribution in [0.3, 0.4) is 0 Å². The van der Waals surface area contributed by atoms with Crippen molar-refractivity contribution in [1.82, 2.24) is 9.88 Å². The van der Waals surface area contributed by atoms with E-state index in [1.807, 2.05) is 12.1 Å². The normalized spacial score (nSPS) is 15.5. The molecule has 2 aromatic carbocycles. The Labute approximate surface area is 204 Å². The van der Waals surface area contributed by atoms with E-state index in [-0.39, 0.29) is 29.5 Å². The molecule has 35 heavy (non-hydrogen) atoms. The lowest BCUT2D eigenvalue weighted by Crippen LogP contribution is -2.44. The Balaban J connectivity index is 1.70. The average molecular weight is 493 g/mol. The smallest absolute Gasteiger partial charge is 0.256 e. The van der Waals surface area contributed by atoms with Gasteiger partial charge in [-0.25, -0.2) is 4.39 Å². The monoisotopic (exact) mass is 492 g/mol. The van der Waals surface area contributed by atoms with Gasteiger partial charge in [0.2, 0.25) is 5.56 Å². The number of halogens is 1. The number of carbonyl (C=O) groups is 2. The van der Waals surface area contributed by atoms with Crippen molar-refractivity contribution in [3.05, 3.63) is 93.2 Å². The van der Waals surface area contributed by atoms with Crippen LogP contribution in [0.1, 0.15) is 33.1 Å². The van der Waals surface area contributed by atoms with Crippen LogP contribution < -0.4 is 15.5 Å². The second-order valence-electron chi connectivity index (χ2n) is 9.86. The largest absolute Gasteiger partial charge is 0.497 e. The molecule has 0 saturated heterocycles. The van der Waals surface area contributed by atoms with Gasteiger partial charge in [0.25, 0.3) is 5.91 Å². The van der Waals surface area contributed by atoms with Crippen molar-refractivity contribution in [2.24, 2.45) is 0 Å². The first kappa shape index (κ1) is 24.6. The number of pyridine rings is 1. The summed E-state index contributed by atoms with van der Waals surface area (Å²) in [6.45, 7) is 6.55. The number of ketones is 1. The number of ether oxygens (including phenoxy) is 1. The van der Waals surface area contributed by atoms with Crippen LogP contribution in [0.4, 0.5) is 4.39 Å². The molecule has 4 rings (SSSR count). The Morgan fingerprint density at radius 3 is 2.51 bits per heavy atom. The summed E-state index contributed by atoms with van der Waals surface area (Å²) in [5.41, 5.74) is 2.23. The highest BCUT2D eigenvalue weighted by atomic mass is 28.3. The van der Waals surface area contributed by atoms with Crippen molar-refractivity contribution in [2.45, 2.75) is 38.5 Å². The molecule has 1 amide bonds. The van der Waals surface area contributed by atoms with Crippen molar-refractivity contribution >= 4 is 25.0 Å². The third-order valence-electron chi connectivity index (χ3n) is 6.40. The van der Waals surface area contributed by atoms with Crippen LogP contribution in [-0.2, 0) is 17.6 Å². The Kier molecular flexibility index (Phi) is 6.76. The van der Waals surface area contributed by atoms with Gasteiger partial charge in [0.15, 0.2) is 5.78 Å². The molecular weight excluding hydrogens is 463 g/mol. The number of hydrogen-bond acceptors (Lipinski definition) is 4. The predicted octanol–water partition coefficient (Wildman–Crippen LogP) is 3.62. The number of nitrogens with one attached hydrogen (secondary N) is 1. The number of Topliss-reactive ketones (excluding diaryl/α,β-unsaturated/α-hetero) is 1. The molecule has 6 nitrogen and oxygen atoms in total. The van der Waals surface area contributed by atoms with E-state index in [4.69, 9.17) is 4.74 Å². The van der Waals surface area contributed by atoms with Crippen molar-refractivity contribution in [3.63, 3.8) is 0 Å². The lowest BCUT2D eigenvalue weighted by atomic mass is 9.87. The predicted molar refractivity (Wildman–Crippen MR) is 136 cm³/mol. The first-order valence-electron chi connectivity index (χ1n) is 11.6. The molecule has 1 atom stereocenters. The minimum atomic E-state index is -1.85. The van der Waals surface area contributed by atoms with Crippen LogP contribution in [-0.4, -0.2) is 43.3 Å². The van der Waals surface area contributed by atoms with Gasteiger partial charge < -0.3 is 14.6 Å². The Hall–Kier alpha value is -3.52. The Bertz CT molecular complexity index is 1330. The molecular formula is C27H29FN2O4Si. The van der Waals surface area contributed by atoms with Gasteiger partial charge in [-0.15, -0.1) is 0 Å². The summed E-state index contributed by atoms with van der Waals surface area (Å²) in [6.07, 6.45) is 1.92. The third kappa shape index (κ3) is 5.12. The van der Waals surface area contributed by atoms with Gasteiger partial charge in [-0.3, -0.25) is 14.4 Å². The first-order chi connectivity index (χ1) is 16.6. The van der Waals surface area contributed by atoms with Crippen LogP contribution in [0.15, 0.2) is 59.5 Å². The molecule has 0 spiro atoms. The quantitative estimate of drug-likeness (QED) is 0.533. The molecule has 182 valence electrons. The van der Waals surface area contributed by atoms with E-state index < -0.39 is 14.1 Å². The molecule has 0 aliphatic carbocycles. The molecule has 0 saturated carbocycles. The van der Waals surface area contributed by atoms with Crippen molar-refractivity contribution in [3.8, 4) is 5.75 Å². The van der Waals surface area contributed by atoms with Crippen molar-refractivity contribution < 1.29 is 18.7 Å². The summed E-state index contributed by atoms with van der Waals surface area (Å²) in [6, 6.07) is 12.4. The molecule has 1 aliphatic rings. The van der Waals surface area contributed by atoms with Gasteiger partial charge in [0, 0.05) is 25.2 Å². The van der Waals surface area contributed by atoms with E-state index in [1.165, 1.54) is 29.3 Å².